The molecule has 1 aliphatic heterocycles. The Kier molecular flexibility index (Phi) is 11.7. The minimum absolute atomic E-state index is 0.0182. The van der Waals surface area contributed by atoms with Gasteiger partial charge in [0.1, 0.15) is 29.2 Å². The van der Waals surface area contributed by atoms with Crippen LogP contribution in [0.5, 0.6) is 17.4 Å². The number of benzene rings is 1. The lowest BCUT2D eigenvalue weighted by Crippen LogP contribution is -2.57. The summed E-state index contributed by atoms with van der Waals surface area (Å²) in [6.07, 6.45) is 1.76. The third kappa shape index (κ3) is 8.96. The summed E-state index contributed by atoms with van der Waals surface area (Å²) >= 11 is 3.57. The first kappa shape index (κ1) is 41.2. The average Bonchev–Trinajstić information content (AvgIpc) is 3.99. The van der Waals surface area contributed by atoms with Gasteiger partial charge in [0.2, 0.25) is 33.6 Å². The highest BCUT2D eigenvalue weighted by Crippen LogP contribution is 2.46. The lowest BCUT2D eigenvalue weighted by Gasteiger charge is -2.35. The predicted molar refractivity (Wildman–Crippen MR) is 206 cm³/mol. The summed E-state index contributed by atoms with van der Waals surface area (Å²) in [5.41, 5.74) is -2.25. The summed E-state index contributed by atoms with van der Waals surface area (Å²) in [6, 6.07) is 4.08. The Morgan fingerprint density at radius 3 is 2.37 bits per heavy atom. The number of ether oxygens (including phenoxy) is 3. The van der Waals surface area contributed by atoms with Crippen LogP contribution >= 0.6 is 15.9 Å². The molecule has 0 bridgehead atoms. The van der Waals surface area contributed by atoms with E-state index in [1.807, 2.05) is 48.5 Å². The van der Waals surface area contributed by atoms with Crippen molar-refractivity contribution in [1.29, 1.82) is 0 Å². The van der Waals surface area contributed by atoms with Crippen molar-refractivity contribution in [3.8, 4) is 17.4 Å². The molecule has 0 unspecified atom stereocenters. The molecule has 1 aromatic carbocycles. The maximum absolute atomic E-state index is 14.7. The van der Waals surface area contributed by atoms with Gasteiger partial charge in [0, 0.05) is 35.8 Å². The summed E-state index contributed by atoms with van der Waals surface area (Å²) < 4.78 is 46.1. The van der Waals surface area contributed by atoms with Crippen molar-refractivity contribution < 1.29 is 41.8 Å². The Hall–Kier alpha value is -3.92. The molecule has 16 heteroatoms. The number of methoxy groups -OCH3 is 1. The molecule has 2 heterocycles. The molecule has 3 N–H and O–H groups in total. The number of sulfonamides is 1. The summed E-state index contributed by atoms with van der Waals surface area (Å²) in [4.78, 5) is 61.9. The first-order valence-corrected chi connectivity index (χ1v) is 20.6. The Balaban J connectivity index is 1.50. The van der Waals surface area contributed by atoms with E-state index in [0.717, 1.165) is 0 Å². The number of nitrogens with zero attached hydrogens (tertiary/aromatic N) is 2. The van der Waals surface area contributed by atoms with E-state index in [0.29, 0.717) is 52.2 Å². The van der Waals surface area contributed by atoms with Gasteiger partial charge in [0.05, 0.1) is 41.4 Å². The van der Waals surface area contributed by atoms with Crippen LogP contribution in [0.25, 0.3) is 10.9 Å². The number of carbonyl (C=O) groups excluding carboxylic acids is 4. The van der Waals surface area contributed by atoms with Gasteiger partial charge in [-0.05, 0) is 80.4 Å². The molecule has 0 radical (unpaired) electrons. The third-order valence-electron chi connectivity index (χ3n) is 9.97. The Bertz CT molecular complexity index is 1940. The van der Waals surface area contributed by atoms with E-state index >= 15 is 0 Å². The van der Waals surface area contributed by atoms with E-state index in [1.54, 1.807) is 25.3 Å². The van der Waals surface area contributed by atoms with Gasteiger partial charge in [-0.25, -0.2) is 13.4 Å². The Labute approximate surface area is 325 Å². The van der Waals surface area contributed by atoms with Gasteiger partial charge in [-0.2, -0.15) is 0 Å². The zero-order chi connectivity index (χ0) is 40.0. The van der Waals surface area contributed by atoms with Crippen LogP contribution in [-0.4, -0.2) is 90.7 Å². The number of hydrogen-bond acceptors (Lipinski definition) is 10. The fourth-order valence-corrected chi connectivity index (χ4v) is 8.82. The van der Waals surface area contributed by atoms with Crippen molar-refractivity contribution in [3.63, 3.8) is 0 Å². The van der Waals surface area contributed by atoms with E-state index in [9.17, 15) is 27.6 Å². The van der Waals surface area contributed by atoms with Gasteiger partial charge in [-0.1, -0.05) is 26.8 Å². The van der Waals surface area contributed by atoms with Gasteiger partial charge in [-0.3, -0.25) is 23.9 Å². The SMILES string of the molecule is C=C[C@@H]1C[C@]1(NC(=O)[C@H]1C[C@@H](Oc2cc(OCC)nc3c(Br)c(OC)ccc23)CN1C(=O)[C@@H](CC(=O)NC(C)(C)C)C(C)(C)C)C(=O)NS(=O)(=O)C1CC1. The largest absolute Gasteiger partial charge is 0.495 e. The standard InChI is InChI=1S/C38H52BrN5O9S/c1-10-21-19-38(21,35(48)43-54(49,50)23-12-13-23)42-33(46)26-16-22(20-44(26)34(47)25(36(3,4)5)17-29(45)41-37(6,7)8)53-28-18-30(52-11-2)40-32-24(28)14-15-27(51-9)31(32)39/h10,14-15,18,21-23,25-26H,1,11-13,16-17,19-20H2,2-9H3,(H,41,45)(H,42,46)(H,43,48)/t21-,22-,25-,26-,38-/m1/s1. The number of amides is 4. The fraction of sp³-hybridized carbons (Fsp3) is 0.605. The molecule has 5 rings (SSSR count). The van der Waals surface area contributed by atoms with Crippen LogP contribution in [0.2, 0.25) is 0 Å². The highest BCUT2D eigenvalue weighted by atomic mass is 79.9. The number of pyridine rings is 1. The van der Waals surface area contributed by atoms with Crippen LogP contribution in [0.3, 0.4) is 0 Å². The van der Waals surface area contributed by atoms with Crippen molar-refractivity contribution in [2.24, 2.45) is 17.3 Å². The van der Waals surface area contributed by atoms with Crippen LogP contribution < -0.4 is 29.6 Å². The summed E-state index contributed by atoms with van der Waals surface area (Å²) in [5, 5.41) is 5.74. The first-order chi connectivity index (χ1) is 25.1. The van der Waals surface area contributed by atoms with Crippen LogP contribution in [-0.2, 0) is 29.2 Å². The minimum atomic E-state index is -3.90. The van der Waals surface area contributed by atoms with Crippen molar-refractivity contribution in [1.82, 2.24) is 25.2 Å². The fourth-order valence-electron chi connectivity index (χ4n) is 6.86. The Morgan fingerprint density at radius 1 is 1.13 bits per heavy atom. The first-order valence-electron chi connectivity index (χ1n) is 18.2. The molecule has 2 aromatic rings. The number of fused-ring (bicyclic) bond motifs is 1. The van der Waals surface area contributed by atoms with Crippen LogP contribution in [0, 0.1) is 17.3 Å². The van der Waals surface area contributed by atoms with Crippen molar-refractivity contribution >= 4 is 60.5 Å². The second kappa shape index (κ2) is 15.3. The molecule has 2 saturated carbocycles. The molecular weight excluding hydrogens is 782 g/mol. The van der Waals surface area contributed by atoms with E-state index in [1.165, 1.54) is 11.0 Å². The number of carbonyl (C=O) groups is 4. The number of hydrogen-bond donors (Lipinski definition) is 3. The smallest absolute Gasteiger partial charge is 0.259 e. The number of halogens is 1. The molecule has 2 aliphatic carbocycles. The van der Waals surface area contributed by atoms with E-state index in [-0.39, 0.29) is 31.7 Å². The highest BCUT2D eigenvalue weighted by Gasteiger charge is 2.62. The topological polar surface area (TPSA) is 182 Å². The van der Waals surface area contributed by atoms with Gasteiger partial charge < -0.3 is 29.7 Å². The maximum atomic E-state index is 14.7. The second-order valence-corrected chi connectivity index (χ2v) is 19.2. The number of nitrogens with one attached hydrogen (secondary N) is 3. The molecule has 5 atom stereocenters. The molecule has 1 saturated heterocycles. The lowest BCUT2D eigenvalue weighted by atomic mass is 9.77. The maximum Gasteiger partial charge on any atom is 0.259 e. The van der Waals surface area contributed by atoms with E-state index < -0.39 is 73.5 Å². The molecule has 0 spiro atoms. The lowest BCUT2D eigenvalue weighted by molar-refractivity contribution is -0.147. The Morgan fingerprint density at radius 2 is 1.81 bits per heavy atom. The van der Waals surface area contributed by atoms with Gasteiger partial charge in [0.25, 0.3) is 5.91 Å². The van der Waals surface area contributed by atoms with E-state index in [4.69, 9.17) is 14.2 Å². The zero-order valence-corrected chi connectivity index (χ0v) is 34.6. The summed E-state index contributed by atoms with van der Waals surface area (Å²) in [6.45, 7) is 17.1. The van der Waals surface area contributed by atoms with Crippen molar-refractivity contribution in [2.45, 2.75) is 109 Å². The van der Waals surface area contributed by atoms with Crippen molar-refractivity contribution in [3.05, 3.63) is 35.3 Å². The molecule has 1 aromatic heterocycles. The number of aromatic nitrogens is 1. The average molecular weight is 835 g/mol. The van der Waals surface area contributed by atoms with E-state index in [2.05, 4.69) is 42.8 Å². The number of likely N-dealkylation sites (tertiary alicyclic amines) is 1. The summed E-state index contributed by atoms with van der Waals surface area (Å²) in [5.74, 6) is -2.32. The monoisotopic (exact) mass is 833 g/mol. The second-order valence-electron chi connectivity index (χ2n) is 16.5. The molecule has 14 nitrogen and oxygen atoms in total. The van der Waals surface area contributed by atoms with Gasteiger partial charge >= 0.3 is 0 Å². The zero-order valence-electron chi connectivity index (χ0n) is 32.2. The minimum Gasteiger partial charge on any atom is -0.495 e. The molecule has 296 valence electrons. The van der Waals surface area contributed by atoms with Crippen molar-refractivity contribution in [2.75, 3.05) is 20.3 Å². The normalized spacial score (nSPS) is 23.3. The van der Waals surface area contributed by atoms with Gasteiger partial charge in [0.15, 0.2) is 0 Å². The van der Waals surface area contributed by atoms with Crippen LogP contribution in [0.15, 0.2) is 35.3 Å². The summed E-state index contributed by atoms with van der Waals surface area (Å²) in [7, 11) is -2.36. The van der Waals surface area contributed by atoms with Crippen LogP contribution in [0.4, 0.5) is 0 Å². The van der Waals surface area contributed by atoms with Crippen LogP contribution in [0.1, 0.15) is 80.6 Å². The molecule has 54 heavy (non-hydrogen) atoms. The molecule has 3 aliphatic rings. The third-order valence-corrected chi connectivity index (χ3v) is 12.6. The molecule has 3 fully saturated rings. The molecule has 4 amide bonds. The quantitative estimate of drug-likeness (QED) is 0.231. The predicted octanol–water partition coefficient (Wildman–Crippen LogP) is 4.39. The molecular formula is C38H52BrN5O9S. The highest BCUT2D eigenvalue weighted by molar-refractivity contribution is 9.10. The number of rotatable bonds is 14. The van der Waals surface area contributed by atoms with Gasteiger partial charge in [-0.15, -0.1) is 6.58 Å².